The first-order chi connectivity index (χ1) is 10.1. The van der Waals surface area contributed by atoms with Gasteiger partial charge >= 0.3 is 11.9 Å². The zero-order valence-electron chi connectivity index (χ0n) is 12.1. The largest absolute Gasteiger partial charge is 0.478 e. The second-order valence-corrected chi connectivity index (χ2v) is 5.20. The number of carbonyl (C=O) groups is 2. The van der Waals surface area contributed by atoms with Gasteiger partial charge in [-0.25, -0.2) is 4.79 Å². The average Bonchev–Trinajstić information content (AvgIpc) is 2.48. The Kier molecular flexibility index (Phi) is 5.30. The SMILES string of the molecule is CN1CCN(CC(=O)OCc2ccccc2C(=O)O)CC1. The van der Waals surface area contributed by atoms with Crippen LogP contribution in [-0.2, 0) is 16.1 Å². The van der Waals surface area contributed by atoms with Gasteiger partial charge < -0.3 is 14.7 Å². The predicted octanol–water partition coefficient (Wildman–Crippen LogP) is 0.675. The van der Waals surface area contributed by atoms with Crippen LogP contribution in [0.15, 0.2) is 24.3 Å². The number of benzene rings is 1. The Bertz CT molecular complexity index is 510. The van der Waals surface area contributed by atoms with Crippen molar-refractivity contribution in [1.29, 1.82) is 0 Å². The van der Waals surface area contributed by atoms with E-state index in [1.165, 1.54) is 6.07 Å². The molecule has 1 aromatic carbocycles. The molecule has 1 saturated heterocycles. The van der Waals surface area contributed by atoms with Gasteiger partial charge in [0.25, 0.3) is 0 Å². The number of carbonyl (C=O) groups excluding carboxylic acids is 1. The third-order valence-electron chi connectivity index (χ3n) is 3.59. The van der Waals surface area contributed by atoms with Crippen molar-refractivity contribution in [3.8, 4) is 0 Å². The molecule has 1 aliphatic rings. The normalized spacial score (nSPS) is 16.6. The van der Waals surface area contributed by atoms with Crippen LogP contribution in [0, 0.1) is 0 Å². The minimum Gasteiger partial charge on any atom is -0.478 e. The zero-order valence-corrected chi connectivity index (χ0v) is 12.1. The first-order valence-corrected chi connectivity index (χ1v) is 6.94. The lowest BCUT2D eigenvalue weighted by molar-refractivity contribution is -0.146. The highest BCUT2D eigenvalue weighted by Crippen LogP contribution is 2.10. The Morgan fingerprint density at radius 1 is 1.19 bits per heavy atom. The third kappa shape index (κ3) is 4.54. The van der Waals surface area contributed by atoms with E-state index in [2.05, 4.69) is 11.9 Å². The molecular formula is C15H20N2O4. The summed E-state index contributed by atoms with van der Waals surface area (Å²) in [5.74, 6) is -1.33. The summed E-state index contributed by atoms with van der Waals surface area (Å²) in [6.07, 6.45) is 0. The van der Waals surface area contributed by atoms with Gasteiger partial charge in [-0.2, -0.15) is 0 Å². The first kappa shape index (κ1) is 15.5. The number of aromatic carboxylic acids is 1. The number of carboxylic acids is 1. The van der Waals surface area contributed by atoms with Crippen molar-refractivity contribution in [2.24, 2.45) is 0 Å². The monoisotopic (exact) mass is 292 g/mol. The molecule has 0 atom stereocenters. The van der Waals surface area contributed by atoms with Crippen molar-refractivity contribution in [3.63, 3.8) is 0 Å². The molecule has 0 amide bonds. The number of nitrogens with zero attached hydrogens (tertiary/aromatic N) is 2. The van der Waals surface area contributed by atoms with Gasteiger partial charge in [0.2, 0.25) is 0 Å². The molecule has 0 aliphatic carbocycles. The lowest BCUT2D eigenvalue weighted by Gasteiger charge is -2.31. The maximum absolute atomic E-state index is 11.8. The van der Waals surface area contributed by atoms with Crippen LogP contribution in [0.2, 0.25) is 0 Å². The molecule has 1 aliphatic heterocycles. The van der Waals surface area contributed by atoms with Gasteiger partial charge in [-0.05, 0) is 13.1 Å². The summed E-state index contributed by atoms with van der Waals surface area (Å²) in [5.41, 5.74) is 0.682. The minimum atomic E-state index is -1.01. The molecule has 21 heavy (non-hydrogen) atoms. The average molecular weight is 292 g/mol. The number of piperazine rings is 1. The quantitative estimate of drug-likeness (QED) is 0.805. The van der Waals surface area contributed by atoms with Crippen LogP contribution < -0.4 is 0 Å². The van der Waals surface area contributed by atoms with Gasteiger partial charge in [-0.1, -0.05) is 18.2 Å². The van der Waals surface area contributed by atoms with E-state index in [1.54, 1.807) is 18.2 Å². The van der Waals surface area contributed by atoms with Crippen molar-refractivity contribution in [3.05, 3.63) is 35.4 Å². The number of hydrogen-bond acceptors (Lipinski definition) is 5. The Hall–Kier alpha value is -1.92. The maximum atomic E-state index is 11.8. The van der Waals surface area contributed by atoms with Crippen LogP contribution in [0.3, 0.4) is 0 Å². The van der Waals surface area contributed by atoms with Crippen LogP contribution in [0.5, 0.6) is 0 Å². The molecule has 114 valence electrons. The molecule has 0 aromatic heterocycles. The highest BCUT2D eigenvalue weighted by molar-refractivity contribution is 5.89. The van der Waals surface area contributed by atoms with Crippen molar-refractivity contribution in [2.45, 2.75) is 6.61 Å². The van der Waals surface area contributed by atoms with Gasteiger partial charge in [-0.3, -0.25) is 9.69 Å². The fourth-order valence-electron chi connectivity index (χ4n) is 2.25. The summed E-state index contributed by atoms with van der Waals surface area (Å²) in [7, 11) is 2.05. The second kappa shape index (κ2) is 7.19. The van der Waals surface area contributed by atoms with Crippen LogP contribution in [0.4, 0.5) is 0 Å². The smallest absolute Gasteiger partial charge is 0.336 e. The molecule has 1 fully saturated rings. The first-order valence-electron chi connectivity index (χ1n) is 6.94. The lowest BCUT2D eigenvalue weighted by Crippen LogP contribution is -2.46. The molecule has 1 N–H and O–H groups in total. The maximum Gasteiger partial charge on any atom is 0.336 e. The molecule has 2 rings (SSSR count). The fourth-order valence-corrected chi connectivity index (χ4v) is 2.25. The third-order valence-corrected chi connectivity index (χ3v) is 3.59. The Labute approximate surface area is 123 Å². The number of likely N-dealkylation sites (N-methyl/N-ethyl adjacent to an activating group) is 1. The number of rotatable bonds is 5. The fraction of sp³-hybridized carbons (Fsp3) is 0.467. The highest BCUT2D eigenvalue weighted by Gasteiger charge is 2.18. The van der Waals surface area contributed by atoms with E-state index in [9.17, 15) is 9.59 Å². The second-order valence-electron chi connectivity index (χ2n) is 5.20. The van der Waals surface area contributed by atoms with E-state index in [4.69, 9.17) is 9.84 Å². The molecule has 0 bridgehead atoms. The number of esters is 1. The van der Waals surface area contributed by atoms with E-state index in [0.717, 1.165) is 26.2 Å². The van der Waals surface area contributed by atoms with Crippen molar-refractivity contribution in [2.75, 3.05) is 39.8 Å². The molecule has 6 nitrogen and oxygen atoms in total. The van der Waals surface area contributed by atoms with Crippen molar-refractivity contribution in [1.82, 2.24) is 9.80 Å². The lowest BCUT2D eigenvalue weighted by atomic mass is 10.1. The predicted molar refractivity (Wildman–Crippen MR) is 77.1 cm³/mol. The molecule has 0 saturated carbocycles. The summed E-state index contributed by atoms with van der Waals surface area (Å²) in [6.45, 7) is 3.82. The van der Waals surface area contributed by atoms with E-state index in [0.29, 0.717) is 5.56 Å². The standard InChI is InChI=1S/C15H20N2O4/c1-16-6-8-17(9-7-16)10-14(18)21-11-12-4-2-3-5-13(12)15(19)20/h2-5H,6-11H2,1H3,(H,19,20). The summed E-state index contributed by atoms with van der Waals surface area (Å²) < 4.78 is 5.19. The number of hydrogen-bond donors (Lipinski definition) is 1. The minimum absolute atomic E-state index is 0.00491. The van der Waals surface area contributed by atoms with E-state index in [1.807, 2.05) is 4.90 Å². The molecular weight excluding hydrogens is 272 g/mol. The Balaban J connectivity index is 1.83. The molecule has 0 spiro atoms. The van der Waals surface area contributed by atoms with Crippen molar-refractivity contribution >= 4 is 11.9 Å². The van der Waals surface area contributed by atoms with E-state index in [-0.39, 0.29) is 24.7 Å². The van der Waals surface area contributed by atoms with Gasteiger partial charge in [0.05, 0.1) is 12.1 Å². The summed E-state index contributed by atoms with van der Waals surface area (Å²) in [4.78, 5) is 27.1. The van der Waals surface area contributed by atoms with E-state index >= 15 is 0 Å². The number of ether oxygens (including phenoxy) is 1. The van der Waals surface area contributed by atoms with E-state index < -0.39 is 5.97 Å². The molecule has 1 heterocycles. The Morgan fingerprint density at radius 3 is 2.52 bits per heavy atom. The van der Waals surface area contributed by atoms with Crippen LogP contribution >= 0.6 is 0 Å². The van der Waals surface area contributed by atoms with Gasteiger partial charge in [0.1, 0.15) is 6.61 Å². The topological polar surface area (TPSA) is 70.1 Å². The van der Waals surface area contributed by atoms with Crippen LogP contribution in [-0.4, -0.2) is 66.6 Å². The van der Waals surface area contributed by atoms with Gasteiger partial charge in [0, 0.05) is 31.7 Å². The number of carboxylic acid groups (broad SMARTS) is 1. The molecule has 1 aromatic rings. The summed E-state index contributed by atoms with van der Waals surface area (Å²) >= 11 is 0. The zero-order chi connectivity index (χ0) is 15.2. The Morgan fingerprint density at radius 2 is 1.86 bits per heavy atom. The van der Waals surface area contributed by atoms with Gasteiger partial charge in [0.15, 0.2) is 0 Å². The van der Waals surface area contributed by atoms with Gasteiger partial charge in [-0.15, -0.1) is 0 Å². The highest BCUT2D eigenvalue weighted by atomic mass is 16.5. The van der Waals surface area contributed by atoms with Crippen LogP contribution in [0.25, 0.3) is 0 Å². The van der Waals surface area contributed by atoms with Crippen LogP contribution in [0.1, 0.15) is 15.9 Å². The van der Waals surface area contributed by atoms with Crippen molar-refractivity contribution < 1.29 is 19.4 Å². The summed E-state index contributed by atoms with van der Waals surface area (Å²) in [5, 5.41) is 9.06. The molecule has 6 heteroatoms. The molecule has 0 unspecified atom stereocenters. The summed E-state index contributed by atoms with van der Waals surface area (Å²) in [6, 6.07) is 6.55. The molecule has 0 radical (unpaired) electrons.